The van der Waals surface area contributed by atoms with Crippen molar-refractivity contribution in [3.8, 4) is 0 Å². The first-order valence-corrected chi connectivity index (χ1v) is 7.48. The molecule has 0 amide bonds. The summed E-state index contributed by atoms with van der Waals surface area (Å²) in [6.45, 7) is 6.87. The molecule has 0 atom stereocenters. The second-order valence-corrected chi connectivity index (χ2v) is 6.52. The first-order valence-electron chi connectivity index (χ1n) is 7.48. The van der Waals surface area contributed by atoms with E-state index < -0.39 is 0 Å². The number of benzene rings is 3. The van der Waals surface area contributed by atoms with Gasteiger partial charge in [0, 0.05) is 5.92 Å². The van der Waals surface area contributed by atoms with E-state index in [9.17, 15) is 0 Å². The number of rotatable bonds is 2. The molecule has 0 saturated heterocycles. The van der Waals surface area contributed by atoms with Crippen molar-refractivity contribution < 1.29 is 0 Å². The number of hydrogen-bond acceptors (Lipinski definition) is 0. The molecule has 0 spiro atoms. The minimum absolute atomic E-state index is 0.0888. The molecule has 3 aromatic carbocycles. The van der Waals surface area contributed by atoms with E-state index in [1.165, 1.54) is 27.8 Å². The molecule has 0 saturated carbocycles. The van der Waals surface area contributed by atoms with Crippen molar-refractivity contribution in [3.05, 3.63) is 89.8 Å². The summed E-state index contributed by atoms with van der Waals surface area (Å²) >= 11 is 0. The van der Waals surface area contributed by atoms with E-state index in [1.54, 1.807) is 0 Å². The fourth-order valence-electron chi connectivity index (χ4n) is 3.04. The van der Waals surface area contributed by atoms with E-state index in [0.29, 0.717) is 0 Å². The quantitative estimate of drug-likeness (QED) is 0.549. The lowest BCUT2D eigenvalue weighted by molar-refractivity contribution is 0.464. The SMILES string of the molecule is CC(C)(C)[C](c1ccccc1)c1cccc2ccccc12. The van der Waals surface area contributed by atoms with Gasteiger partial charge in [0.1, 0.15) is 0 Å². The van der Waals surface area contributed by atoms with Crippen molar-refractivity contribution in [2.24, 2.45) is 5.41 Å². The van der Waals surface area contributed by atoms with Gasteiger partial charge in [0.15, 0.2) is 0 Å². The van der Waals surface area contributed by atoms with Crippen LogP contribution in [-0.2, 0) is 0 Å². The summed E-state index contributed by atoms with van der Waals surface area (Å²) in [6, 6.07) is 26.0. The molecule has 0 unspecified atom stereocenters. The molecule has 0 aromatic heterocycles. The van der Waals surface area contributed by atoms with Gasteiger partial charge in [-0.2, -0.15) is 0 Å². The fraction of sp³-hybridized carbons (Fsp3) is 0.190. The van der Waals surface area contributed by atoms with Gasteiger partial charge in [-0.1, -0.05) is 93.6 Å². The molecular formula is C21H21. The van der Waals surface area contributed by atoms with Gasteiger partial charge in [-0.25, -0.2) is 0 Å². The monoisotopic (exact) mass is 273 g/mol. The molecule has 3 aromatic rings. The maximum absolute atomic E-state index is 2.29. The van der Waals surface area contributed by atoms with E-state index in [0.717, 1.165) is 0 Å². The Labute approximate surface area is 127 Å². The highest BCUT2D eigenvalue weighted by atomic mass is 14.3. The maximum Gasteiger partial charge on any atom is 0.0399 e. The second-order valence-electron chi connectivity index (χ2n) is 6.52. The van der Waals surface area contributed by atoms with Crippen molar-refractivity contribution in [2.75, 3.05) is 0 Å². The largest absolute Gasteiger partial charge is 0.0622 e. The predicted molar refractivity (Wildman–Crippen MR) is 91.3 cm³/mol. The van der Waals surface area contributed by atoms with Crippen LogP contribution >= 0.6 is 0 Å². The van der Waals surface area contributed by atoms with Crippen molar-refractivity contribution in [3.63, 3.8) is 0 Å². The molecule has 0 heterocycles. The molecule has 0 fully saturated rings. The molecule has 0 nitrogen and oxygen atoms in total. The smallest absolute Gasteiger partial charge is 0.0399 e. The molecule has 3 rings (SSSR count). The molecular weight excluding hydrogens is 252 g/mol. The van der Waals surface area contributed by atoms with Gasteiger partial charge in [-0.15, -0.1) is 0 Å². The van der Waals surface area contributed by atoms with Crippen LogP contribution in [0.5, 0.6) is 0 Å². The summed E-state index contributed by atoms with van der Waals surface area (Å²) in [4.78, 5) is 0. The van der Waals surface area contributed by atoms with Crippen LogP contribution in [0.3, 0.4) is 0 Å². The topological polar surface area (TPSA) is 0 Å². The zero-order chi connectivity index (χ0) is 14.9. The van der Waals surface area contributed by atoms with Crippen molar-refractivity contribution in [1.29, 1.82) is 0 Å². The molecule has 105 valence electrons. The summed E-state index contributed by atoms with van der Waals surface area (Å²) in [5, 5.41) is 2.63. The summed E-state index contributed by atoms with van der Waals surface area (Å²) in [7, 11) is 0. The highest BCUT2D eigenvalue weighted by Crippen LogP contribution is 2.41. The normalized spacial score (nSPS) is 12.0. The van der Waals surface area contributed by atoms with E-state index >= 15 is 0 Å². The Morgan fingerprint density at radius 3 is 2.00 bits per heavy atom. The van der Waals surface area contributed by atoms with E-state index in [2.05, 4.69) is 93.6 Å². The Kier molecular flexibility index (Phi) is 3.55. The van der Waals surface area contributed by atoms with Gasteiger partial charge in [0.25, 0.3) is 0 Å². The van der Waals surface area contributed by atoms with Crippen LogP contribution in [0.1, 0.15) is 31.9 Å². The van der Waals surface area contributed by atoms with Gasteiger partial charge >= 0.3 is 0 Å². The average molecular weight is 273 g/mol. The lowest BCUT2D eigenvalue weighted by atomic mass is 9.71. The Bertz CT molecular complexity index is 727. The molecule has 0 aliphatic rings. The zero-order valence-electron chi connectivity index (χ0n) is 12.9. The lowest BCUT2D eigenvalue weighted by Crippen LogP contribution is -2.20. The van der Waals surface area contributed by atoms with E-state index in [-0.39, 0.29) is 5.41 Å². The van der Waals surface area contributed by atoms with E-state index in [1.807, 2.05) is 0 Å². The Balaban J connectivity index is 2.25. The molecule has 1 radical (unpaired) electrons. The number of fused-ring (bicyclic) bond motifs is 1. The van der Waals surface area contributed by atoms with Crippen LogP contribution in [0.15, 0.2) is 72.8 Å². The summed E-state index contributed by atoms with van der Waals surface area (Å²) in [5.74, 6) is 1.40. The molecule has 0 heteroatoms. The van der Waals surface area contributed by atoms with Gasteiger partial charge in [-0.3, -0.25) is 0 Å². The molecule has 0 aliphatic heterocycles. The standard InChI is InChI=1S/C21H21/c1-21(2,3)20(17-11-5-4-6-12-17)19-15-9-13-16-10-7-8-14-18(16)19/h4-15H,1-3H3. The van der Waals surface area contributed by atoms with Gasteiger partial charge in [-0.05, 0) is 27.3 Å². The summed E-state index contributed by atoms with van der Waals surface area (Å²) < 4.78 is 0. The van der Waals surface area contributed by atoms with Crippen LogP contribution in [-0.4, -0.2) is 0 Å². The van der Waals surface area contributed by atoms with Crippen LogP contribution in [0.4, 0.5) is 0 Å². The van der Waals surface area contributed by atoms with Crippen LogP contribution in [0.2, 0.25) is 0 Å². The molecule has 0 aliphatic carbocycles. The average Bonchev–Trinajstić information content (AvgIpc) is 2.47. The Morgan fingerprint density at radius 1 is 0.667 bits per heavy atom. The third-order valence-electron chi connectivity index (χ3n) is 3.87. The highest BCUT2D eigenvalue weighted by molar-refractivity contribution is 5.88. The van der Waals surface area contributed by atoms with Crippen LogP contribution in [0.25, 0.3) is 10.8 Å². The summed E-state index contributed by atoms with van der Waals surface area (Å²) in [5.41, 5.74) is 2.74. The van der Waals surface area contributed by atoms with Crippen molar-refractivity contribution in [1.82, 2.24) is 0 Å². The zero-order valence-corrected chi connectivity index (χ0v) is 12.9. The van der Waals surface area contributed by atoms with Gasteiger partial charge in [0.05, 0.1) is 0 Å². The van der Waals surface area contributed by atoms with Crippen molar-refractivity contribution >= 4 is 10.8 Å². The third kappa shape index (κ3) is 2.71. The van der Waals surface area contributed by atoms with E-state index in [4.69, 9.17) is 0 Å². The maximum atomic E-state index is 2.29. The lowest BCUT2D eigenvalue weighted by Gasteiger charge is -2.32. The first kappa shape index (κ1) is 13.9. The van der Waals surface area contributed by atoms with Crippen molar-refractivity contribution in [2.45, 2.75) is 20.8 Å². The minimum atomic E-state index is 0.0888. The number of hydrogen-bond donors (Lipinski definition) is 0. The highest BCUT2D eigenvalue weighted by Gasteiger charge is 2.29. The van der Waals surface area contributed by atoms with Gasteiger partial charge in [0.2, 0.25) is 0 Å². The van der Waals surface area contributed by atoms with Crippen LogP contribution < -0.4 is 0 Å². The molecule has 0 bridgehead atoms. The van der Waals surface area contributed by atoms with Crippen LogP contribution in [0, 0.1) is 11.3 Å². The molecule has 0 N–H and O–H groups in total. The Morgan fingerprint density at radius 2 is 1.29 bits per heavy atom. The summed E-state index contributed by atoms with van der Waals surface area (Å²) in [6.07, 6.45) is 0. The second kappa shape index (κ2) is 5.37. The third-order valence-corrected chi connectivity index (χ3v) is 3.87. The predicted octanol–water partition coefficient (Wildman–Crippen LogP) is 5.86. The first-order chi connectivity index (χ1) is 10.1. The minimum Gasteiger partial charge on any atom is -0.0622 e. The molecule has 21 heavy (non-hydrogen) atoms. The fourth-order valence-corrected chi connectivity index (χ4v) is 3.04. The van der Waals surface area contributed by atoms with Gasteiger partial charge < -0.3 is 0 Å². The Hall–Kier alpha value is -2.08.